The zero-order valence-corrected chi connectivity index (χ0v) is 18.2. The van der Waals surface area contributed by atoms with E-state index >= 15 is 0 Å². The molecule has 2 aliphatic rings. The number of anilines is 1. The molecule has 0 saturated carbocycles. The Hall–Kier alpha value is -2.05. The molecular weight excluding hydrogens is 450 g/mol. The van der Waals surface area contributed by atoms with Crippen LogP contribution in [0.1, 0.15) is 12.0 Å². The number of hydrazone groups is 1. The largest absolute Gasteiger partial charge is 0.390 e. The number of rotatable bonds is 9. The first-order valence-electron chi connectivity index (χ1n) is 9.45. The maximum absolute atomic E-state index is 12.9. The number of aliphatic hydroxyl groups is 1. The van der Waals surface area contributed by atoms with E-state index in [2.05, 4.69) is 26.3 Å². The molecule has 31 heavy (non-hydrogen) atoms. The Morgan fingerprint density at radius 2 is 2.03 bits per heavy atom. The molecule has 14 nitrogen and oxygen atoms in total. The molecule has 0 bridgehead atoms. The maximum atomic E-state index is 12.9. The van der Waals surface area contributed by atoms with Gasteiger partial charge in [-0.05, 0) is 31.0 Å². The Labute approximate surface area is 180 Å². The van der Waals surface area contributed by atoms with Gasteiger partial charge in [-0.2, -0.15) is 0 Å². The first kappa shape index (κ1) is 23.6. The van der Waals surface area contributed by atoms with Gasteiger partial charge in [-0.3, -0.25) is 5.43 Å². The molecule has 3 rings (SSSR count). The van der Waals surface area contributed by atoms with Gasteiger partial charge in [0.05, 0.1) is 11.7 Å². The van der Waals surface area contributed by atoms with E-state index in [4.69, 9.17) is 16.6 Å². The Balaban J connectivity index is 2.19. The molecule has 0 spiro atoms. The van der Waals surface area contributed by atoms with E-state index in [0.29, 0.717) is 25.3 Å². The van der Waals surface area contributed by atoms with Crippen LogP contribution >= 0.6 is 0 Å². The van der Waals surface area contributed by atoms with E-state index < -0.39 is 42.5 Å². The summed E-state index contributed by atoms with van der Waals surface area (Å²) in [4.78, 5) is 0.725. The number of nitrogens with zero attached hydrogens (tertiary/aromatic N) is 2. The second kappa shape index (κ2) is 9.21. The fraction of sp³-hybridized carbons (Fsp3) is 0.533. The van der Waals surface area contributed by atoms with Crippen LogP contribution in [0.3, 0.4) is 0 Å². The van der Waals surface area contributed by atoms with Gasteiger partial charge in [-0.15, -0.1) is 10.6 Å². The van der Waals surface area contributed by atoms with E-state index in [0.717, 1.165) is 6.42 Å². The van der Waals surface area contributed by atoms with Crippen LogP contribution in [-0.2, 0) is 20.0 Å². The second-order valence-corrected chi connectivity index (χ2v) is 10.5. The summed E-state index contributed by atoms with van der Waals surface area (Å²) < 4.78 is 53.2. The van der Waals surface area contributed by atoms with Crippen molar-refractivity contribution in [3.8, 4) is 0 Å². The van der Waals surface area contributed by atoms with Crippen LogP contribution in [0.2, 0.25) is 0 Å². The van der Waals surface area contributed by atoms with Crippen LogP contribution < -0.4 is 42.7 Å². The monoisotopic (exact) mass is 477 g/mol. The molecule has 2 heterocycles. The minimum atomic E-state index is -4.53. The normalized spacial score (nSPS) is 20.3. The summed E-state index contributed by atoms with van der Waals surface area (Å²) >= 11 is 0. The number of hydrogen-bond acceptors (Lipinski definition) is 12. The van der Waals surface area contributed by atoms with Crippen LogP contribution in [0.4, 0.5) is 5.69 Å². The zero-order chi connectivity index (χ0) is 22.8. The van der Waals surface area contributed by atoms with Crippen molar-refractivity contribution in [2.24, 2.45) is 27.6 Å². The molecule has 1 fully saturated rings. The Kier molecular flexibility index (Phi) is 7.01. The van der Waals surface area contributed by atoms with Gasteiger partial charge in [0.15, 0.2) is 5.84 Å². The highest BCUT2D eigenvalue weighted by Gasteiger charge is 2.35. The minimum absolute atomic E-state index is 0.0000743. The molecule has 0 radical (unpaired) electrons. The number of amidine groups is 1. The fourth-order valence-corrected chi connectivity index (χ4v) is 6.14. The number of nitrogens with one attached hydrogen (secondary N) is 4. The third-order valence-electron chi connectivity index (χ3n) is 5.06. The predicted octanol–water partition coefficient (Wildman–Crippen LogP) is -4.01. The topological polar surface area (TPSA) is 230 Å². The molecule has 0 aromatic heterocycles. The van der Waals surface area contributed by atoms with E-state index in [9.17, 15) is 21.9 Å². The molecule has 11 N–H and O–H groups in total. The number of primary sulfonamides is 1. The summed E-state index contributed by atoms with van der Waals surface area (Å²) in [5.74, 6) is 0.262. The average molecular weight is 478 g/mol. The fourth-order valence-electron chi connectivity index (χ4n) is 3.47. The van der Waals surface area contributed by atoms with Crippen LogP contribution in [0, 0.1) is 5.92 Å². The van der Waals surface area contributed by atoms with Crippen LogP contribution in [-0.4, -0.2) is 66.6 Å². The lowest BCUT2D eigenvalue weighted by molar-refractivity contribution is 0.186. The van der Waals surface area contributed by atoms with E-state index in [1.54, 1.807) is 0 Å². The Morgan fingerprint density at radius 1 is 1.29 bits per heavy atom. The quantitative estimate of drug-likeness (QED) is 0.171. The predicted molar refractivity (Wildman–Crippen MR) is 113 cm³/mol. The van der Waals surface area contributed by atoms with Crippen molar-refractivity contribution in [3.05, 3.63) is 17.7 Å². The summed E-state index contributed by atoms with van der Waals surface area (Å²) in [7, 11) is -8.91. The Morgan fingerprint density at radius 3 is 2.58 bits per heavy atom. The van der Waals surface area contributed by atoms with Crippen molar-refractivity contribution in [2.75, 3.05) is 37.6 Å². The maximum Gasteiger partial charge on any atom is 0.242 e. The van der Waals surface area contributed by atoms with Gasteiger partial charge in [-0.1, -0.05) is 0 Å². The van der Waals surface area contributed by atoms with Crippen molar-refractivity contribution < 1.29 is 21.9 Å². The highest BCUT2D eigenvalue weighted by molar-refractivity contribution is 7.92. The van der Waals surface area contributed by atoms with Gasteiger partial charge in [0, 0.05) is 31.9 Å². The van der Waals surface area contributed by atoms with Crippen LogP contribution in [0.5, 0.6) is 0 Å². The van der Waals surface area contributed by atoms with Crippen molar-refractivity contribution in [1.29, 1.82) is 0 Å². The molecule has 0 unspecified atom stereocenters. The van der Waals surface area contributed by atoms with Gasteiger partial charge in [-0.25, -0.2) is 32.2 Å². The van der Waals surface area contributed by atoms with Crippen LogP contribution in [0.25, 0.3) is 0 Å². The van der Waals surface area contributed by atoms with E-state index in [-0.39, 0.29) is 23.9 Å². The number of hydrogen-bond donors (Lipinski definition) is 8. The Bertz CT molecular complexity index is 1060. The molecule has 2 aliphatic heterocycles. The zero-order valence-electron chi connectivity index (χ0n) is 16.6. The first-order chi connectivity index (χ1) is 14.6. The summed E-state index contributed by atoms with van der Waals surface area (Å²) in [6.45, 7) is 1.06. The third kappa shape index (κ3) is 5.07. The van der Waals surface area contributed by atoms with Crippen molar-refractivity contribution in [3.63, 3.8) is 0 Å². The summed E-state index contributed by atoms with van der Waals surface area (Å²) in [5.41, 5.74) is 19.1. The summed E-state index contributed by atoms with van der Waals surface area (Å²) in [5, 5.41) is 19.0. The van der Waals surface area contributed by atoms with Gasteiger partial charge in [0.25, 0.3) is 0 Å². The number of aliphatic hydroxyl groups excluding tert-OH is 1. The highest BCUT2D eigenvalue weighted by atomic mass is 32.2. The lowest BCUT2D eigenvalue weighted by atomic mass is 10.1. The third-order valence-corrected chi connectivity index (χ3v) is 7.64. The van der Waals surface area contributed by atoms with Crippen molar-refractivity contribution in [2.45, 2.75) is 22.3 Å². The van der Waals surface area contributed by atoms with Crippen LogP contribution in [0.15, 0.2) is 27.0 Å². The molecule has 0 aliphatic carbocycles. The smallest absolute Gasteiger partial charge is 0.242 e. The minimum Gasteiger partial charge on any atom is -0.390 e. The molecule has 0 amide bonds. The number of benzene rings is 1. The lowest BCUT2D eigenvalue weighted by Gasteiger charge is -2.25. The lowest BCUT2D eigenvalue weighted by Crippen LogP contribution is -2.39. The summed E-state index contributed by atoms with van der Waals surface area (Å²) in [6, 6.07) is 2.67. The first-order valence-corrected chi connectivity index (χ1v) is 12.5. The van der Waals surface area contributed by atoms with Crippen molar-refractivity contribution >= 4 is 31.6 Å². The molecule has 1 saturated heterocycles. The van der Waals surface area contributed by atoms with E-state index in [1.165, 1.54) is 12.1 Å². The number of sulfonamides is 2. The second-order valence-electron chi connectivity index (χ2n) is 7.23. The molecular formula is C15H27N9O5S2. The highest BCUT2D eigenvalue weighted by Crippen LogP contribution is 2.35. The van der Waals surface area contributed by atoms with Gasteiger partial charge < -0.3 is 21.5 Å². The van der Waals surface area contributed by atoms with E-state index in [1.807, 2.05) is 4.90 Å². The molecule has 2 atom stereocenters. The van der Waals surface area contributed by atoms with Crippen molar-refractivity contribution in [1.82, 2.24) is 21.2 Å². The molecule has 174 valence electrons. The standard InChI is InChI=1S/C15H27N9O5S2/c16-5-9-3-4-24(8-9)11-1-2-12(31(28,29)19-7-10(25)6-17)14(30(18,26)27)13(11)15-20-22-23-21-15/h1-2,9-10,19,22-23,25H,3-8,16-17H2,(H,20,21)(H2,18,26,27)/t9-,10-/m1/s1. The van der Waals surface area contributed by atoms with Gasteiger partial charge >= 0.3 is 0 Å². The van der Waals surface area contributed by atoms with Gasteiger partial charge in [0.1, 0.15) is 9.79 Å². The van der Waals surface area contributed by atoms with Gasteiger partial charge in [0.2, 0.25) is 20.0 Å². The molecule has 1 aromatic carbocycles. The number of nitrogens with two attached hydrogens (primary N) is 3. The molecule has 16 heteroatoms. The average Bonchev–Trinajstić information content (AvgIpc) is 3.42. The summed E-state index contributed by atoms with van der Waals surface area (Å²) in [6.07, 6.45) is -0.339. The SMILES string of the molecule is NC[C@@H](O)CNS(=O)(=O)c1ccc(N2CC[C@H](CN)C2)c(C2=NNNN2)c1S(N)(=O)=O. The number of hydrazine groups is 2. The molecule has 1 aromatic rings.